The van der Waals surface area contributed by atoms with Gasteiger partial charge in [0.1, 0.15) is 19.0 Å². The van der Waals surface area contributed by atoms with Crippen LogP contribution < -0.4 is 4.74 Å². The first-order valence-corrected chi connectivity index (χ1v) is 11.4. The van der Waals surface area contributed by atoms with Crippen LogP contribution in [0, 0.1) is 6.92 Å². The van der Waals surface area contributed by atoms with E-state index in [1.165, 1.54) is 0 Å². The number of hydrogen-bond acceptors (Lipinski definition) is 4. The average molecular weight is 478 g/mol. The van der Waals surface area contributed by atoms with Crippen LogP contribution in [0.25, 0.3) is 10.9 Å². The summed E-state index contributed by atoms with van der Waals surface area (Å²) in [5, 5.41) is 1.48. The van der Waals surface area contributed by atoms with Crippen LogP contribution in [0.15, 0.2) is 36.4 Å². The highest BCUT2D eigenvalue weighted by molar-refractivity contribution is 6.44. The molecule has 0 saturated carbocycles. The number of carbonyl (C=O) groups excluding carboxylic acids is 1. The maximum Gasteiger partial charge on any atom is 0.264 e. The van der Waals surface area contributed by atoms with E-state index in [9.17, 15) is 9.18 Å². The summed E-state index contributed by atoms with van der Waals surface area (Å²) >= 11 is 12.5. The molecular weight excluding hydrogens is 453 g/mol. The minimum absolute atomic E-state index is 0.00857. The smallest absolute Gasteiger partial charge is 0.264 e. The Bertz CT molecular complexity index is 1130. The van der Waals surface area contributed by atoms with Crippen LogP contribution >= 0.6 is 23.2 Å². The highest BCUT2D eigenvalue weighted by atomic mass is 35.5. The van der Waals surface area contributed by atoms with Gasteiger partial charge in [0, 0.05) is 30.7 Å². The maximum atomic E-state index is 13.5. The van der Waals surface area contributed by atoms with Crippen molar-refractivity contribution >= 4 is 40.0 Å². The third-order valence-electron chi connectivity index (χ3n) is 5.82. The highest BCUT2D eigenvalue weighted by Gasteiger charge is 2.23. The summed E-state index contributed by atoms with van der Waals surface area (Å²) in [6.07, 6.45) is 0.762. The lowest BCUT2D eigenvalue weighted by molar-refractivity contribution is 0.0384. The number of alkyl halides is 1. The summed E-state index contributed by atoms with van der Waals surface area (Å²) in [5.74, 6) is 0.336. The molecule has 2 aromatic carbocycles. The quantitative estimate of drug-likeness (QED) is 0.470. The zero-order valence-corrected chi connectivity index (χ0v) is 19.4. The lowest BCUT2D eigenvalue weighted by Crippen LogP contribution is -2.37. The van der Waals surface area contributed by atoms with Gasteiger partial charge in [0.15, 0.2) is 0 Å². The van der Waals surface area contributed by atoms with Gasteiger partial charge in [-0.1, -0.05) is 29.3 Å². The van der Waals surface area contributed by atoms with Gasteiger partial charge in [0.25, 0.3) is 5.91 Å². The number of halogens is 3. The van der Waals surface area contributed by atoms with E-state index in [2.05, 4.69) is 4.90 Å². The van der Waals surface area contributed by atoms with E-state index in [4.69, 9.17) is 32.7 Å². The minimum atomic E-state index is -0.562. The van der Waals surface area contributed by atoms with Gasteiger partial charge >= 0.3 is 0 Å². The molecule has 0 N–H and O–H groups in total. The number of ether oxygens (including phenoxy) is 2. The third kappa shape index (κ3) is 4.64. The molecule has 0 atom stereocenters. The Kier molecular flexibility index (Phi) is 7.36. The molecule has 1 saturated heterocycles. The molecule has 1 aliphatic rings. The Hall–Kier alpha value is -2.12. The average Bonchev–Trinajstić information content (AvgIpc) is 3.08. The van der Waals surface area contributed by atoms with Gasteiger partial charge in [0.2, 0.25) is 0 Å². The molecule has 8 heteroatoms. The van der Waals surface area contributed by atoms with Crippen LogP contribution in [0.5, 0.6) is 5.75 Å². The lowest BCUT2D eigenvalue weighted by Gasteiger charge is -2.26. The fraction of sp³-hybridized carbons (Fsp3) is 0.375. The van der Waals surface area contributed by atoms with E-state index in [0.717, 1.165) is 61.4 Å². The molecule has 0 radical (unpaired) electrons. The van der Waals surface area contributed by atoms with Gasteiger partial charge in [0.05, 0.1) is 34.3 Å². The predicted molar refractivity (Wildman–Crippen MR) is 125 cm³/mol. The highest BCUT2D eigenvalue weighted by Crippen LogP contribution is 2.33. The Labute approximate surface area is 196 Å². The summed E-state index contributed by atoms with van der Waals surface area (Å²) < 4.78 is 25.2. The molecule has 0 spiro atoms. The summed E-state index contributed by atoms with van der Waals surface area (Å²) in [5.41, 5.74) is 3.01. The first-order valence-electron chi connectivity index (χ1n) is 10.6. The van der Waals surface area contributed by atoms with Crippen molar-refractivity contribution in [2.45, 2.75) is 13.3 Å². The monoisotopic (exact) mass is 477 g/mol. The number of benzene rings is 2. The Balaban J connectivity index is 1.76. The van der Waals surface area contributed by atoms with Crippen molar-refractivity contribution in [1.82, 2.24) is 9.47 Å². The molecule has 5 nitrogen and oxygen atoms in total. The van der Waals surface area contributed by atoms with Crippen molar-refractivity contribution in [2.75, 3.05) is 46.1 Å². The van der Waals surface area contributed by atoms with E-state index in [0.29, 0.717) is 16.3 Å². The Morgan fingerprint density at radius 3 is 2.72 bits per heavy atom. The molecule has 170 valence electrons. The van der Waals surface area contributed by atoms with Crippen LogP contribution in [0.3, 0.4) is 0 Å². The first-order chi connectivity index (χ1) is 15.5. The van der Waals surface area contributed by atoms with Gasteiger partial charge in [-0.3, -0.25) is 14.3 Å². The zero-order valence-electron chi connectivity index (χ0n) is 17.9. The lowest BCUT2D eigenvalue weighted by atomic mass is 10.1. The van der Waals surface area contributed by atoms with Gasteiger partial charge < -0.3 is 9.47 Å². The number of morpholine rings is 1. The van der Waals surface area contributed by atoms with Crippen molar-refractivity contribution in [1.29, 1.82) is 0 Å². The molecule has 1 aliphatic heterocycles. The van der Waals surface area contributed by atoms with E-state index in [-0.39, 0.29) is 17.5 Å². The second-order valence-electron chi connectivity index (χ2n) is 7.73. The molecule has 2 heterocycles. The first kappa shape index (κ1) is 23.1. The summed E-state index contributed by atoms with van der Waals surface area (Å²) in [6, 6.07) is 10.5. The summed E-state index contributed by atoms with van der Waals surface area (Å²) in [4.78, 5) is 15.9. The molecule has 0 aliphatic carbocycles. The van der Waals surface area contributed by atoms with E-state index < -0.39 is 6.67 Å². The van der Waals surface area contributed by atoms with Crippen LogP contribution in [0.4, 0.5) is 4.39 Å². The van der Waals surface area contributed by atoms with Crippen molar-refractivity contribution < 1.29 is 18.7 Å². The van der Waals surface area contributed by atoms with Crippen molar-refractivity contribution in [3.63, 3.8) is 0 Å². The number of rotatable bonds is 7. The second-order valence-corrected chi connectivity index (χ2v) is 8.51. The van der Waals surface area contributed by atoms with Gasteiger partial charge in [-0.25, -0.2) is 4.39 Å². The Morgan fingerprint density at radius 2 is 1.97 bits per heavy atom. The minimum Gasteiger partial charge on any atom is -0.491 e. The van der Waals surface area contributed by atoms with E-state index in [1.807, 2.05) is 19.1 Å². The van der Waals surface area contributed by atoms with Crippen LogP contribution in [0.2, 0.25) is 10.0 Å². The number of aromatic nitrogens is 1. The van der Waals surface area contributed by atoms with Gasteiger partial charge in [-0.15, -0.1) is 0 Å². The molecule has 0 amide bonds. The van der Waals surface area contributed by atoms with Crippen molar-refractivity contribution in [3.8, 4) is 5.75 Å². The molecule has 32 heavy (non-hydrogen) atoms. The van der Waals surface area contributed by atoms with Crippen LogP contribution in [-0.4, -0.2) is 61.5 Å². The molecule has 3 aromatic rings. The summed E-state index contributed by atoms with van der Waals surface area (Å²) in [6.45, 7) is 5.46. The second kappa shape index (κ2) is 10.2. The van der Waals surface area contributed by atoms with Crippen molar-refractivity contribution in [2.24, 2.45) is 0 Å². The number of fused-ring (bicyclic) bond motifs is 1. The SMILES string of the molecule is Cc1c(CCN2CCOCC2)c2cc(OCC[18F])ccc2n1C(=O)c1cccc(Cl)c1Cl. The molecule has 1 aromatic heterocycles. The fourth-order valence-corrected chi connectivity index (χ4v) is 4.55. The van der Waals surface area contributed by atoms with Gasteiger partial charge in [-0.05, 0) is 49.2 Å². The standard InChI is InChI=1S/C24H25Cl2FN2O3/c1-16-18(7-9-28-10-13-31-14-11-28)20-15-17(32-12-8-27)5-6-22(20)29(16)24(30)19-3-2-4-21(25)23(19)26/h2-6,15H,7-14H2,1H3/i27-1. The zero-order chi connectivity index (χ0) is 22.7. The molecule has 0 bridgehead atoms. The Morgan fingerprint density at radius 1 is 1.19 bits per heavy atom. The van der Waals surface area contributed by atoms with E-state index in [1.54, 1.807) is 28.8 Å². The number of hydrogen-bond donors (Lipinski definition) is 0. The van der Waals surface area contributed by atoms with Crippen molar-refractivity contribution in [3.05, 3.63) is 63.3 Å². The molecular formula is C24H25Cl2FN2O3. The fourth-order valence-electron chi connectivity index (χ4n) is 4.17. The largest absolute Gasteiger partial charge is 0.491 e. The predicted octanol–water partition coefficient (Wildman–Crippen LogP) is 5.17. The maximum absolute atomic E-state index is 13.5. The van der Waals surface area contributed by atoms with Gasteiger partial charge in [-0.2, -0.15) is 0 Å². The topological polar surface area (TPSA) is 43.7 Å². The normalized spacial score (nSPS) is 14.8. The van der Waals surface area contributed by atoms with E-state index >= 15 is 0 Å². The molecule has 1 fully saturated rings. The number of carbonyl (C=O) groups is 1. The summed E-state index contributed by atoms with van der Waals surface area (Å²) in [7, 11) is 0. The number of nitrogens with zero attached hydrogens (tertiary/aromatic N) is 2. The molecule has 0 unspecified atom stereocenters. The molecule has 4 rings (SSSR count). The van der Waals surface area contributed by atoms with Crippen LogP contribution in [-0.2, 0) is 11.2 Å². The third-order valence-corrected chi connectivity index (χ3v) is 6.64. The van der Waals surface area contributed by atoms with Crippen LogP contribution in [0.1, 0.15) is 21.6 Å².